The number of hydrogen-bond donors (Lipinski definition) is 0. The first-order valence-electron chi connectivity index (χ1n) is 1.82. The van der Waals surface area contributed by atoms with Gasteiger partial charge in [0.05, 0.1) is 14.3 Å². The van der Waals surface area contributed by atoms with E-state index >= 15 is 0 Å². The summed E-state index contributed by atoms with van der Waals surface area (Å²) in [7, 11) is 1.89. The summed E-state index contributed by atoms with van der Waals surface area (Å²) in [5.41, 5.74) is 0. The number of hydrogen-bond acceptors (Lipinski definition) is 3. The fourth-order valence-electron chi connectivity index (χ4n) is 0.196. The molecule has 0 radical (unpaired) electrons. The van der Waals surface area contributed by atoms with Crippen molar-refractivity contribution in [2.45, 2.75) is 0 Å². The average Bonchev–Trinajstić information content (AvgIpc) is 2.51. The average molecular weight is 182 g/mol. The highest BCUT2D eigenvalue weighted by Crippen LogP contribution is 2.69. The Balaban J connectivity index is 2.02. The third kappa shape index (κ3) is 2.90. The van der Waals surface area contributed by atoms with E-state index in [-0.39, 0.29) is 15.9 Å². The molecule has 0 aliphatic carbocycles. The molecule has 0 spiro atoms. The molecule has 0 aromatic carbocycles. The minimum Gasteiger partial charge on any atom is -0.263 e. The molecule has 1 heterocycles. The summed E-state index contributed by atoms with van der Waals surface area (Å²) in [4.78, 5) is 0. The molecule has 0 amide bonds. The minimum atomic E-state index is -0.0818. The zero-order chi connectivity index (χ0) is 5.82. The van der Waals surface area contributed by atoms with E-state index in [1.165, 1.54) is 8.06 Å². The summed E-state index contributed by atoms with van der Waals surface area (Å²) >= 11 is 0. The summed E-state index contributed by atoms with van der Waals surface area (Å²) in [6.07, 6.45) is 0.813. The van der Waals surface area contributed by atoms with Crippen LogP contribution in [0.15, 0.2) is 9.26 Å². The van der Waals surface area contributed by atoms with E-state index in [9.17, 15) is 4.57 Å². The molecule has 0 aromatic rings. The Morgan fingerprint density at radius 1 is 1.88 bits per heavy atom. The maximum absolute atomic E-state index is 9.77. The van der Waals surface area contributed by atoms with Crippen molar-refractivity contribution in [3.8, 4) is 0 Å². The summed E-state index contributed by atoms with van der Waals surface area (Å²) in [6.45, 7) is 0. The van der Waals surface area contributed by atoms with Crippen LogP contribution in [0.3, 0.4) is 0 Å². The van der Waals surface area contributed by atoms with Crippen LogP contribution >= 0.6 is 32.0 Å². The van der Waals surface area contributed by atoms with Crippen LogP contribution in [0.5, 0.6) is 0 Å². The largest absolute Gasteiger partial charge is 0.263 e. The molecule has 8 heavy (non-hydrogen) atoms. The van der Waals surface area contributed by atoms with E-state index in [1.807, 2.05) is 0 Å². The van der Waals surface area contributed by atoms with E-state index < -0.39 is 0 Å². The molecule has 1 aliphatic rings. The highest BCUT2D eigenvalue weighted by molar-refractivity contribution is 8.27. The summed E-state index contributed by atoms with van der Waals surface area (Å²) < 4.78 is 17.7. The van der Waals surface area contributed by atoms with Gasteiger partial charge in [0.2, 0.25) is 8.15 Å². The zero-order valence-electron chi connectivity index (χ0n) is 3.80. The normalized spacial score (nSPS) is 27.2. The fourth-order valence-corrected chi connectivity index (χ4v) is 3.29. The van der Waals surface area contributed by atoms with Gasteiger partial charge in [0.15, 0.2) is 0 Å². The maximum atomic E-state index is 9.77. The molecule has 0 bridgehead atoms. The lowest BCUT2D eigenvalue weighted by Gasteiger charge is -1.76. The fraction of sp³-hybridized carbons (Fsp3) is 1.00. The van der Waals surface area contributed by atoms with Crippen LogP contribution in [-0.2, 0) is 4.57 Å². The van der Waals surface area contributed by atoms with Crippen LogP contribution in [0.2, 0.25) is 0 Å². The molecule has 0 saturated heterocycles. The van der Waals surface area contributed by atoms with E-state index in [4.69, 9.17) is 0 Å². The number of nitrogens with zero attached hydrogens (tertiary/aromatic N) is 2. The van der Waals surface area contributed by atoms with E-state index in [1.54, 1.807) is 0 Å². The Labute approximate surface area is 52.8 Å². The molecule has 0 fully saturated rings. The van der Waals surface area contributed by atoms with Gasteiger partial charge < -0.3 is 0 Å². The second-order valence-electron chi connectivity index (χ2n) is 1.01. The minimum absolute atomic E-state index is 0.0818. The molecule has 1 atom stereocenters. The quantitative estimate of drug-likeness (QED) is 0.612. The summed E-state index contributed by atoms with van der Waals surface area (Å²) in [5.74, 6) is 0. The summed E-state index contributed by atoms with van der Waals surface area (Å²) in [5, 5.41) is 0. The van der Waals surface area contributed by atoms with Gasteiger partial charge in [-0.15, -0.1) is 0 Å². The summed E-state index contributed by atoms with van der Waals surface area (Å²) in [6, 6.07) is 0. The highest BCUT2D eigenvalue weighted by atomic mass is 32.1. The molecule has 3 nitrogen and oxygen atoms in total. The van der Waals surface area contributed by atoms with Crippen LogP contribution < -0.4 is 0 Å². The molecule has 42 valence electrons. The predicted molar refractivity (Wildman–Crippen MR) is 38.1 cm³/mol. The van der Waals surface area contributed by atoms with Gasteiger partial charge in [0.25, 0.3) is 0 Å². The second kappa shape index (κ2) is 3.70. The van der Waals surface area contributed by atoms with Gasteiger partial charge in [-0.3, -0.25) is 4.57 Å². The van der Waals surface area contributed by atoms with Crippen molar-refractivity contribution in [1.29, 1.82) is 0 Å². The Hall–Kier alpha value is 0.730. The Bertz CT molecular complexity index is 137. The van der Waals surface area contributed by atoms with Gasteiger partial charge in [-0.05, 0) is 0 Å². The van der Waals surface area contributed by atoms with Crippen molar-refractivity contribution in [2.24, 2.45) is 9.26 Å². The first-order valence-corrected chi connectivity index (χ1v) is 7.21. The first kappa shape index (κ1) is 6.84. The van der Waals surface area contributed by atoms with Gasteiger partial charge in [0, 0.05) is 0 Å². The smallest absolute Gasteiger partial charge is 0.236 e. The van der Waals surface area contributed by atoms with Crippen molar-refractivity contribution in [1.82, 2.24) is 0 Å². The standard InChI is InChI=1S/CH2N2OP4/c4-7-5-2-1-8-3-6-8/h1H2. The van der Waals surface area contributed by atoms with Crippen LogP contribution in [0, 0.1) is 0 Å². The predicted octanol–water partition coefficient (Wildman–Crippen LogP) is 3.74. The zero-order valence-corrected chi connectivity index (χ0v) is 7.38. The maximum Gasteiger partial charge on any atom is 0.236 e. The molecule has 0 aromatic heterocycles. The molecule has 0 N–H and O–H groups in total. The van der Waals surface area contributed by atoms with Gasteiger partial charge >= 0.3 is 0 Å². The molecular formula is CH2N2OP4. The molecular weight excluding hydrogens is 180 g/mol. The third-order valence-electron chi connectivity index (χ3n) is 0.505. The topological polar surface area (TPSA) is 41.8 Å². The van der Waals surface area contributed by atoms with Crippen molar-refractivity contribution in [3.63, 3.8) is 0 Å². The first-order chi connectivity index (χ1) is 3.93. The van der Waals surface area contributed by atoms with Crippen LogP contribution in [0.1, 0.15) is 0 Å². The van der Waals surface area contributed by atoms with Gasteiger partial charge in [-0.2, -0.15) is 0 Å². The SMILES string of the molecule is O=P/P=N/CP1N=P1. The lowest BCUT2D eigenvalue weighted by molar-refractivity contribution is 0.605. The molecule has 0 saturated carbocycles. The highest BCUT2D eigenvalue weighted by Gasteiger charge is 2.12. The molecule has 7 heteroatoms. The van der Waals surface area contributed by atoms with E-state index in [0.717, 1.165) is 6.29 Å². The van der Waals surface area contributed by atoms with Crippen molar-refractivity contribution >= 4 is 32.0 Å². The Morgan fingerprint density at radius 3 is 3.12 bits per heavy atom. The van der Waals surface area contributed by atoms with E-state index in [0.29, 0.717) is 8.06 Å². The van der Waals surface area contributed by atoms with Crippen molar-refractivity contribution in [2.75, 3.05) is 6.29 Å². The van der Waals surface area contributed by atoms with Gasteiger partial charge in [-0.25, -0.2) is 9.26 Å². The van der Waals surface area contributed by atoms with Gasteiger partial charge in [-0.1, -0.05) is 0 Å². The van der Waals surface area contributed by atoms with E-state index in [2.05, 4.69) is 9.26 Å². The number of rotatable bonds is 3. The van der Waals surface area contributed by atoms with Crippen LogP contribution in [0.25, 0.3) is 0 Å². The van der Waals surface area contributed by atoms with Crippen LogP contribution in [-0.4, -0.2) is 6.29 Å². The van der Waals surface area contributed by atoms with Crippen molar-refractivity contribution in [3.05, 3.63) is 0 Å². The lowest BCUT2D eigenvalue weighted by atomic mass is 11.5. The Morgan fingerprint density at radius 2 is 2.62 bits per heavy atom. The molecule has 1 rings (SSSR count). The molecule has 1 aliphatic heterocycles. The molecule has 1 unspecified atom stereocenters. The second-order valence-corrected chi connectivity index (χ2v) is 6.50. The van der Waals surface area contributed by atoms with Gasteiger partial charge in [0.1, 0.15) is 15.8 Å². The Kier molecular flexibility index (Phi) is 3.16. The van der Waals surface area contributed by atoms with Crippen LogP contribution in [0.4, 0.5) is 0 Å². The lowest BCUT2D eigenvalue weighted by Crippen LogP contribution is -1.52. The monoisotopic (exact) mass is 182 g/mol. The third-order valence-corrected chi connectivity index (χ3v) is 4.17. The van der Waals surface area contributed by atoms with Crippen molar-refractivity contribution < 1.29 is 4.57 Å².